The summed E-state index contributed by atoms with van der Waals surface area (Å²) in [5.74, 6) is 0. The molecule has 126 valence electrons. The highest BCUT2D eigenvalue weighted by atomic mass is 28.4. The first kappa shape index (κ1) is 20.8. The van der Waals surface area contributed by atoms with Gasteiger partial charge in [0, 0.05) is 7.11 Å². The van der Waals surface area contributed by atoms with E-state index in [-0.39, 0.29) is 30.1 Å². The van der Waals surface area contributed by atoms with Crippen molar-refractivity contribution in [3.63, 3.8) is 0 Å². The number of hydrogen-bond donors (Lipinski definition) is 1. The number of methoxy groups -OCH3 is 1. The van der Waals surface area contributed by atoms with E-state index in [9.17, 15) is 5.11 Å². The zero-order valence-electron chi connectivity index (χ0n) is 14.8. The van der Waals surface area contributed by atoms with E-state index in [2.05, 4.69) is 40.4 Å². The van der Waals surface area contributed by atoms with Crippen LogP contribution < -0.4 is 0 Å². The van der Waals surface area contributed by atoms with E-state index in [1.165, 1.54) is 0 Å². The molecule has 0 bridgehead atoms. The predicted molar refractivity (Wildman–Crippen MR) is 89.9 cm³/mol. The zero-order chi connectivity index (χ0) is 16.7. The third-order valence-electron chi connectivity index (χ3n) is 4.10. The molecule has 0 heterocycles. The largest absolute Gasteiger partial charge is 0.408 e. The molecule has 0 saturated carbocycles. The van der Waals surface area contributed by atoms with Crippen molar-refractivity contribution < 1.29 is 19.0 Å². The fourth-order valence-electron chi connectivity index (χ4n) is 1.70. The van der Waals surface area contributed by atoms with Crippen molar-refractivity contribution in [3.05, 3.63) is 12.7 Å². The average molecular weight is 319 g/mol. The maximum absolute atomic E-state index is 9.50. The highest BCUT2D eigenvalue weighted by Gasteiger charge is 2.40. The van der Waals surface area contributed by atoms with Gasteiger partial charge >= 0.3 is 0 Å². The SMILES string of the molecule is C=C[C@@H](O[Si](C)(C)C(C)(C)C)[C@@H](CC[C@H](C)O)OCOC. The van der Waals surface area contributed by atoms with Crippen molar-refractivity contribution in [2.75, 3.05) is 13.9 Å². The van der Waals surface area contributed by atoms with Crippen LogP contribution in [0.15, 0.2) is 12.7 Å². The highest BCUT2D eigenvalue weighted by Crippen LogP contribution is 2.38. The van der Waals surface area contributed by atoms with E-state index in [1.54, 1.807) is 14.0 Å². The Morgan fingerprint density at radius 1 is 1.24 bits per heavy atom. The molecule has 0 aromatic rings. The summed E-state index contributed by atoms with van der Waals surface area (Å²) >= 11 is 0. The monoisotopic (exact) mass is 318 g/mol. The molecular formula is C16H34O4Si. The van der Waals surface area contributed by atoms with E-state index in [4.69, 9.17) is 13.9 Å². The smallest absolute Gasteiger partial charge is 0.193 e. The second-order valence-electron chi connectivity index (χ2n) is 7.12. The van der Waals surface area contributed by atoms with Crippen molar-refractivity contribution in [3.8, 4) is 0 Å². The second-order valence-corrected chi connectivity index (χ2v) is 11.9. The summed E-state index contributed by atoms with van der Waals surface area (Å²) in [5, 5.41) is 9.63. The lowest BCUT2D eigenvalue weighted by atomic mass is 10.1. The summed E-state index contributed by atoms with van der Waals surface area (Å²) in [6, 6.07) is 0. The molecule has 0 unspecified atom stereocenters. The lowest BCUT2D eigenvalue weighted by molar-refractivity contribution is -0.104. The topological polar surface area (TPSA) is 47.9 Å². The molecule has 0 aliphatic carbocycles. The van der Waals surface area contributed by atoms with Gasteiger partial charge in [0.25, 0.3) is 0 Å². The lowest BCUT2D eigenvalue weighted by Gasteiger charge is -2.40. The van der Waals surface area contributed by atoms with Crippen LogP contribution in [0.2, 0.25) is 18.1 Å². The molecule has 4 nitrogen and oxygen atoms in total. The van der Waals surface area contributed by atoms with E-state index in [0.717, 1.165) is 0 Å². The molecule has 0 rings (SSSR count). The third-order valence-corrected chi connectivity index (χ3v) is 8.58. The average Bonchev–Trinajstić information content (AvgIpc) is 2.35. The Morgan fingerprint density at radius 2 is 1.81 bits per heavy atom. The Bertz CT molecular complexity index is 297. The number of hydrogen-bond acceptors (Lipinski definition) is 4. The first-order valence-electron chi connectivity index (χ1n) is 7.64. The minimum Gasteiger partial charge on any atom is -0.408 e. The van der Waals surface area contributed by atoms with Crippen LogP contribution in [-0.4, -0.2) is 45.6 Å². The van der Waals surface area contributed by atoms with Gasteiger partial charge in [0.1, 0.15) is 6.79 Å². The van der Waals surface area contributed by atoms with Gasteiger partial charge in [-0.05, 0) is 37.9 Å². The summed E-state index contributed by atoms with van der Waals surface area (Å²) in [7, 11) is -0.301. The normalized spacial score (nSPS) is 17.3. The summed E-state index contributed by atoms with van der Waals surface area (Å²) in [5.41, 5.74) is 0. The van der Waals surface area contributed by atoms with Crippen LogP contribution in [0.1, 0.15) is 40.5 Å². The van der Waals surface area contributed by atoms with Crippen LogP contribution in [0.3, 0.4) is 0 Å². The Hall–Kier alpha value is -0.203. The van der Waals surface area contributed by atoms with E-state index in [1.807, 2.05) is 6.08 Å². The summed E-state index contributed by atoms with van der Waals surface area (Å²) < 4.78 is 17.2. The van der Waals surface area contributed by atoms with Gasteiger partial charge in [0.15, 0.2) is 8.32 Å². The van der Waals surface area contributed by atoms with Crippen LogP contribution >= 0.6 is 0 Å². The van der Waals surface area contributed by atoms with Gasteiger partial charge in [-0.25, -0.2) is 0 Å². The van der Waals surface area contributed by atoms with E-state index >= 15 is 0 Å². The molecule has 3 atom stereocenters. The minimum absolute atomic E-state index is 0.129. The highest BCUT2D eigenvalue weighted by molar-refractivity contribution is 6.74. The van der Waals surface area contributed by atoms with Crippen LogP contribution in [0.5, 0.6) is 0 Å². The van der Waals surface area contributed by atoms with Gasteiger partial charge in [-0.1, -0.05) is 26.8 Å². The van der Waals surface area contributed by atoms with Gasteiger partial charge in [0.2, 0.25) is 0 Å². The molecule has 0 aromatic carbocycles. The Balaban J connectivity index is 4.90. The molecule has 0 radical (unpaired) electrons. The summed E-state index contributed by atoms with van der Waals surface area (Å²) in [6.45, 7) is 17.0. The van der Waals surface area contributed by atoms with E-state index < -0.39 is 8.32 Å². The van der Waals surface area contributed by atoms with Crippen molar-refractivity contribution in [1.82, 2.24) is 0 Å². The van der Waals surface area contributed by atoms with Gasteiger partial charge in [-0.15, -0.1) is 6.58 Å². The van der Waals surface area contributed by atoms with Crippen molar-refractivity contribution in [2.24, 2.45) is 0 Å². The molecule has 1 N–H and O–H groups in total. The number of rotatable bonds is 10. The van der Waals surface area contributed by atoms with E-state index in [0.29, 0.717) is 12.8 Å². The van der Waals surface area contributed by atoms with Gasteiger partial charge < -0.3 is 19.0 Å². The molecule has 0 amide bonds. The van der Waals surface area contributed by atoms with Crippen LogP contribution in [0, 0.1) is 0 Å². The molecule has 0 fully saturated rings. The number of ether oxygens (including phenoxy) is 2. The third kappa shape index (κ3) is 7.56. The molecule has 0 aliphatic rings. The van der Waals surface area contributed by atoms with Crippen LogP contribution in [0.25, 0.3) is 0 Å². The Morgan fingerprint density at radius 3 is 2.19 bits per heavy atom. The molecular weight excluding hydrogens is 284 g/mol. The maximum atomic E-state index is 9.50. The quantitative estimate of drug-likeness (QED) is 0.379. The number of aliphatic hydroxyl groups excluding tert-OH is 1. The fraction of sp³-hybridized carbons (Fsp3) is 0.875. The predicted octanol–water partition coefficient (Wildman–Crippen LogP) is 3.71. The van der Waals surface area contributed by atoms with Crippen molar-refractivity contribution in [1.29, 1.82) is 0 Å². The minimum atomic E-state index is -1.90. The summed E-state index contributed by atoms with van der Waals surface area (Å²) in [6.07, 6.45) is 2.51. The van der Waals surface area contributed by atoms with Gasteiger partial charge in [-0.2, -0.15) is 0 Å². The molecule has 5 heteroatoms. The fourth-order valence-corrected chi connectivity index (χ4v) is 2.98. The van der Waals surface area contributed by atoms with Gasteiger partial charge in [-0.3, -0.25) is 0 Å². The molecule has 0 aliphatic heterocycles. The Kier molecular flexibility index (Phi) is 8.97. The van der Waals surface area contributed by atoms with Crippen molar-refractivity contribution >= 4 is 8.32 Å². The van der Waals surface area contributed by atoms with Crippen molar-refractivity contribution in [2.45, 2.75) is 77.0 Å². The maximum Gasteiger partial charge on any atom is 0.193 e. The van der Waals surface area contributed by atoms with Gasteiger partial charge in [0.05, 0.1) is 18.3 Å². The standard InChI is InChI=1S/C16H34O4Si/c1-9-14(20-21(7,8)16(3,4)5)15(19-12-18-6)11-10-13(2)17/h9,13-15,17H,1,10-12H2,2-8H3/t13-,14+,15+/m0/s1. The van der Waals surface area contributed by atoms with Crippen LogP contribution in [-0.2, 0) is 13.9 Å². The van der Waals surface area contributed by atoms with Crippen LogP contribution in [0.4, 0.5) is 0 Å². The number of aliphatic hydroxyl groups is 1. The first-order valence-corrected chi connectivity index (χ1v) is 10.5. The summed E-state index contributed by atoms with van der Waals surface area (Å²) in [4.78, 5) is 0. The first-order chi connectivity index (χ1) is 9.55. The second kappa shape index (κ2) is 9.05. The molecule has 0 aromatic heterocycles. The molecule has 0 saturated heterocycles. The molecule has 0 spiro atoms. The zero-order valence-corrected chi connectivity index (χ0v) is 15.8. The Labute approximate surface area is 131 Å². The lowest BCUT2D eigenvalue weighted by Crippen LogP contribution is -2.47. The molecule has 21 heavy (non-hydrogen) atoms.